The lowest BCUT2D eigenvalue weighted by molar-refractivity contribution is 0.402. The fourth-order valence-electron chi connectivity index (χ4n) is 1.64. The highest BCUT2D eigenvalue weighted by atomic mass is 16.3. The van der Waals surface area contributed by atoms with Crippen molar-refractivity contribution in [2.45, 2.75) is 13.8 Å². The third-order valence-corrected chi connectivity index (χ3v) is 2.66. The van der Waals surface area contributed by atoms with E-state index in [1.165, 1.54) is 16.7 Å². The Hall–Kier alpha value is -1.90. The predicted molar refractivity (Wildman–Crippen MR) is 58.6 cm³/mol. The monoisotopic (exact) mass is 203 g/mol. The molecule has 15 heavy (non-hydrogen) atoms. The number of hydrogen-bond acceptors (Lipinski definition) is 2. The van der Waals surface area contributed by atoms with E-state index < -0.39 is 0 Å². The Labute approximate surface area is 88.2 Å². The number of aromatic nitrogens is 1. The maximum absolute atomic E-state index is 9.60. The molecule has 0 unspecified atom stereocenters. The summed E-state index contributed by atoms with van der Waals surface area (Å²) in [6.45, 7) is 3.96. The van der Waals surface area contributed by atoms with E-state index in [0.29, 0.717) is 0 Å². The van der Waals surface area contributed by atoms with Crippen LogP contribution in [0.5, 0.6) is 11.8 Å². The second kappa shape index (κ2) is 3.35. The molecule has 0 saturated carbocycles. The Bertz CT molecular complexity index is 481. The Kier molecular flexibility index (Phi) is 2.15. The zero-order valence-electron chi connectivity index (χ0n) is 8.73. The Morgan fingerprint density at radius 3 is 2.13 bits per heavy atom. The molecule has 3 heteroatoms. The van der Waals surface area contributed by atoms with Gasteiger partial charge in [-0.05, 0) is 31.0 Å². The van der Waals surface area contributed by atoms with Crippen LogP contribution in [-0.2, 0) is 0 Å². The van der Waals surface area contributed by atoms with Gasteiger partial charge in [0.2, 0.25) is 0 Å². The molecule has 78 valence electrons. The van der Waals surface area contributed by atoms with Gasteiger partial charge in [-0.3, -0.25) is 4.57 Å². The Morgan fingerprint density at radius 2 is 1.53 bits per heavy atom. The first-order valence-electron chi connectivity index (χ1n) is 4.77. The first-order valence-corrected chi connectivity index (χ1v) is 4.77. The molecule has 0 atom stereocenters. The van der Waals surface area contributed by atoms with Crippen molar-refractivity contribution < 1.29 is 10.2 Å². The van der Waals surface area contributed by atoms with Crippen LogP contribution in [0, 0.1) is 13.8 Å². The molecule has 0 aliphatic rings. The number of rotatable bonds is 1. The fourth-order valence-corrected chi connectivity index (χ4v) is 1.64. The Balaban J connectivity index is 2.69. The van der Waals surface area contributed by atoms with Crippen molar-refractivity contribution in [1.82, 2.24) is 4.57 Å². The van der Waals surface area contributed by atoms with Crippen LogP contribution in [0.15, 0.2) is 30.3 Å². The average molecular weight is 203 g/mol. The molecule has 0 aliphatic carbocycles. The molecule has 0 amide bonds. The van der Waals surface area contributed by atoms with Crippen molar-refractivity contribution in [3.05, 3.63) is 41.5 Å². The molecule has 3 nitrogen and oxygen atoms in total. The topological polar surface area (TPSA) is 45.4 Å². The molecular weight excluding hydrogens is 190 g/mol. The van der Waals surface area contributed by atoms with Crippen LogP contribution in [0.2, 0.25) is 0 Å². The summed E-state index contributed by atoms with van der Waals surface area (Å²) in [6.07, 6.45) is 0. The van der Waals surface area contributed by atoms with E-state index in [2.05, 4.69) is 0 Å². The third kappa shape index (κ3) is 1.46. The average Bonchev–Trinajstić information content (AvgIpc) is 2.52. The van der Waals surface area contributed by atoms with Crippen molar-refractivity contribution in [3.63, 3.8) is 0 Å². The van der Waals surface area contributed by atoms with Gasteiger partial charge in [0.1, 0.15) is 0 Å². The van der Waals surface area contributed by atoms with Crippen LogP contribution in [0.25, 0.3) is 5.69 Å². The first kappa shape index (κ1) is 9.65. The molecule has 0 spiro atoms. The zero-order valence-corrected chi connectivity index (χ0v) is 8.73. The van der Waals surface area contributed by atoms with E-state index in [-0.39, 0.29) is 11.8 Å². The van der Waals surface area contributed by atoms with E-state index in [1.54, 1.807) is 0 Å². The standard InChI is InChI=1S/C12H13NO2/c1-8-4-3-5-10(9(8)2)13-11(14)6-7-12(13)15/h3-7,14-15H,1-2H3. The summed E-state index contributed by atoms with van der Waals surface area (Å²) in [4.78, 5) is 0. The lowest BCUT2D eigenvalue weighted by atomic mass is 10.1. The van der Waals surface area contributed by atoms with E-state index in [9.17, 15) is 10.2 Å². The molecule has 0 fully saturated rings. The lowest BCUT2D eigenvalue weighted by Crippen LogP contribution is -1.97. The molecule has 1 heterocycles. The summed E-state index contributed by atoms with van der Waals surface area (Å²) in [5.74, 6) is 0.0856. The van der Waals surface area contributed by atoms with Gasteiger partial charge in [0.25, 0.3) is 0 Å². The normalized spacial score (nSPS) is 10.5. The number of aromatic hydroxyl groups is 2. The second-order valence-corrected chi connectivity index (χ2v) is 3.60. The Morgan fingerprint density at radius 1 is 0.933 bits per heavy atom. The van der Waals surface area contributed by atoms with E-state index in [1.807, 2.05) is 32.0 Å². The van der Waals surface area contributed by atoms with Crippen LogP contribution >= 0.6 is 0 Å². The van der Waals surface area contributed by atoms with Gasteiger partial charge < -0.3 is 10.2 Å². The van der Waals surface area contributed by atoms with Gasteiger partial charge in [0, 0.05) is 12.1 Å². The number of nitrogens with zero attached hydrogens (tertiary/aromatic N) is 1. The van der Waals surface area contributed by atoms with Crippen LogP contribution in [-0.4, -0.2) is 14.8 Å². The number of benzene rings is 1. The molecule has 1 aromatic heterocycles. The van der Waals surface area contributed by atoms with Gasteiger partial charge >= 0.3 is 0 Å². The highest BCUT2D eigenvalue weighted by Gasteiger charge is 2.10. The summed E-state index contributed by atoms with van der Waals surface area (Å²) in [5, 5.41) is 19.2. The summed E-state index contributed by atoms with van der Waals surface area (Å²) in [5.41, 5.74) is 2.97. The molecular formula is C12H13NO2. The van der Waals surface area contributed by atoms with Crippen LogP contribution in [0.4, 0.5) is 0 Å². The largest absolute Gasteiger partial charge is 0.494 e. The highest BCUT2D eigenvalue weighted by molar-refractivity contribution is 5.49. The zero-order chi connectivity index (χ0) is 11.0. The van der Waals surface area contributed by atoms with Gasteiger partial charge in [0.15, 0.2) is 11.8 Å². The minimum Gasteiger partial charge on any atom is -0.494 e. The fraction of sp³-hybridized carbons (Fsp3) is 0.167. The molecule has 2 aromatic rings. The third-order valence-electron chi connectivity index (χ3n) is 2.66. The van der Waals surface area contributed by atoms with Gasteiger partial charge in [-0.1, -0.05) is 12.1 Å². The van der Waals surface area contributed by atoms with Gasteiger partial charge in [-0.25, -0.2) is 0 Å². The molecule has 0 radical (unpaired) electrons. The highest BCUT2D eigenvalue weighted by Crippen LogP contribution is 2.29. The summed E-state index contributed by atoms with van der Waals surface area (Å²) in [7, 11) is 0. The van der Waals surface area contributed by atoms with Crippen molar-refractivity contribution in [1.29, 1.82) is 0 Å². The molecule has 0 saturated heterocycles. The number of aryl methyl sites for hydroxylation is 1. The van der Waals surface area contributed by atoms with Gasteiger partial charge in [0.05, 0.1) is 5.69 Å². The quantitative estimate of drug-likeness (QED) is 0.748. The molecule has 0 bridgehead atoms. The molecule has 1 aromatic carbocycles. The minimum atomic E-state index is 0.0428. The molecule has 0 aliphatic heterocycles. The first-order chi connectivity index (χ1) is 7.11. The smallest absolute Gasteiger partial charge is 0.198 e. The van der Waals surface area contributed by atoms with Crippen LogP contribution in [0.3, 0.4) is 0 Å². The van der Waals surface area contributed by atoms with Gasteiger partial charge in [-0.15, -0.1) is 0 Å². The molecule has 2 N–H and O–H groups in total. The van der Waals surface area contributed by atoms with E-state index in [4.69, 9.17) is 0 Å². The summed E-state index contributed by atoms with van der Waals surface area (Å²) in [6, 6.07) is 8.70. The predicted octanol–water partition coefficient (Wildman–Crippen LogP) is 2.51. The van der Waals surface area contributed by atoms with E-state index in [0.717, 1.165) is 16.8 Å². The van der Waals surface area contributed by atoms with Crippen molar-refractivity contribution in [3.8, 4) is 17.4 Å². The molecule has 2 rings (SSSR count). The van der Waals surface area contributed by atoms with Crippen molar-refractivity contribution in [2.24, 2.45) is 0 Å². The second-order valence-electron chi connectivity index (χ2n) is 3.60. The lowest BCUT2D eigenvalue weighted by Gasteiger charge is -2.11. The maximum atomic E-state index is 9.60. The van der Waals surface area contributed by atoms with Crippen LogP contribution in [0.1, 0.15) is 11.1 Å². The maximum Gasteiger partial charge on any atom is 0.198 e. The summed E-state index contributed by atoms with van der Waals surface area (Å²) < 4.78 is 1.42. The van der Waals surface area contributed by atoms with Crippen LogP contribution < -0.4 is 0 Å². The van der Waals surface area contributed by atoms with Crippen molar-refractivity contribution in [2.75, 3.05) is 0 Å². The van der Waals surface area contributed by atoms with Gasteiger partial charge in [-0.2, -0.15) is 0 Å². The minimum absolute atomic E-state index is 0.0428. The SMILES string of the molecule is Cc1cccc(-n2c(O)ccc2O)c1C. The number of hydrogen-bond donors (Lipinski definition) is 2. The van der Waals surface area contributed by atoms with Crippen molar-refractivity contribution >= 4 is 0 Å². The van der Waals surface area contributed by atoms with E-state index >= 15 is 0 Å². The summed E-state index contributed by atoms with van der Waals surface area (Å²) >= 11 is 0.